The van der Waals surface area contributed by atoms with Crippen molar-refractivity contribution in [2.45, 2.75) is 45.2 Å². The molecule has 0 heterocycles. The molecule has 0 aliphatic heterocycles. The van der Waals surface area contributed by atoms with Crippen molar-refractivity contribution in [2.24, 2.45) is 0 Å². The van der Waals surface area contributed by atoms with Crippen LogP contribution in [0.3, 0.4) is 0 Å². The van der Waals surface area contributed by atoms with Gasteiger partial charge < -0.3 is 24.8 Å². The monoisotopic (exact) mass is 379 g/mol. The molecule has 1 atom stereocenters. The van der Waals surface area contributed by atoms with Crippen LogP contribution >= 0.6 is 0 Å². The van der Waals surface area contributed by atoms with Gasteiger partial charge >= 0.3 is 129 Å². The summed E-state index contributed by atoms with van der Waals surface area (Å²) in [5.41, 5.74) is 1.15. The first kappa shape index (κ1) is 21.2. The quantitative estimate of drug-likeness (QED) is 0.423. The van der Waals surface area contributed by atoms with Crippen LogP contribution in [0.25, 0.3) is 0 Å². The number of allylic oxidation sites excluding steroid dienone is 5. The molecule has 0 fully saturated rings. The van der Waals surface area contributed by atoms with Gasteiger partial charge in [-0.3, -0.25) is 0 Å². The Labute approximate surface area is 153 Å². The second-order valence-corrected chi connectivity index (χ2v) is 11.4. The van der Waals surface area contributed by atoms with Crippen LogP contribution in [0, 0.1) is 0 Å². The molecule has 0 amide bonds. The van der Waals surface area contributed by atoms with Crippen LogP contribution in [-0.2, 0) is 29.6 Å². The minimum atomic E-state index is -1.70. The Balaban J connectivity index is 0.00000200. The maximum atomic E-state index is 6.42. The summed E-state index contributed by atoms with van der Waals surface area (Å²) in [6.45, 7) is 8.71. The standard InChI is InChI=1S/C15H21O2Si.2ClH.Ti/c1-13-9-7-8-12-15(13,17-18(2,3)4)16-14-10-5-6-11-14;;;/h5,7-10H,6,12H2,1-4H3;2*1H;/q;;;+2/p-2. The van der Waals surface area contributed by atoms with Crippen LogP contribution in [0.4, 0.5) is 0 Å². The topological polar surface area (TPSA) is 18.5 Å². The summed E-state index contributed by atoms with van der Waals surface area (Å²) in [5.74, 6) is 0.367. The van der Waals surface area contributed by atoms with E-state index in [1.165, 1.54) is 3.88 Å². The van der Waals surface area contributed by atoms with Gasteiger partial charge in [-0.25, -0.2) is 0 Å². The van der Waals surface area contributed by atoms with Gasteiger partial charge in [0, 0.05) is 0 Å². The first-order chi connectivity index (χ1) is 8.82. The van der Waals surface area contributed by atoms with Crippen molar-refractivity contribution < 1.29 is 54.4 Å². The van der Waals surface area contributed by atoms with Crippen LogP contribution in [0.15, 0.2) is 45.6 Å². The maximum Gasteiger partial charge on any atom is -1.00 e. The molecule has 115 valence electrons. The Morgan fingerprint density at radius 2 is 1.86 bits per heavy atom. The molecule has 0 saturated carbocycles. The molecule has 0 aromatic carbocycles. The molecule has 0 spiro atoms. The van der Waals surface area contributed by atoms with E-state index in [9.17, 15) is 0 Å². The van der Waals surface area contributed by atoms with E-state index in [4.69, 9.17) is 9.16 Å². The average Bonchev–Trinajstić information content (AvgIpc) is 2.67. The summed E-state index contributed by atoms with van der Waals surface area (Å²) in [6.07, 6.45) is 12.3. The van der Waals surface area contributed by atoms with Crippen molar-refractivity contribution in [3.8, 4) is 0 Å². The average molecular weight is 380 g/mol. The smallest absolute Gasteiger partial charge is 1.00 e. The summed E-state index contributed by atoms with van der Waals surface area (Å²) >= 11 is 2.12. The Bertz CT molecular complexity index is 492. The van der Waals surface area contributed by atoms with Crippen molar-refractivity contribution in [1.82, 2.24) is 0 Å². The van der Waals surface area contributed by atoms with E-state index < -0.39 is 14.1 Å². The van der Waals surface area contributed by atoms with Gasteiger partial charge in [-0.05, 0) is 0 Å². The molecule has 21 heavy (non-hydrogen) atoms. The molecule has 0 saturated heterocycles. The number of ether oxygens (including phenoxy) is 1. The van der Waals surface area contributed by atoms with Gasteiger partial charge in [0.1, 0.15) is 0 Å². The van der Waals surface area contributed by atoms with Crippen molar-refractivity contribution in [3.05, 3.63) is 45.6 Å². The molecular formula is C15H21Cl2O2SiTi. The Morgan fingerprint density at radius 3 is 2.33 bits per heavy atom. The zero-order chi connectivity index (χ0) is 14.1. The Morgan fingerprint density at radius 1 is 1.19 bits per heavy atom. The van der Waals surface area contributed by atoms with Crippen LogP contribution in [0.5, 0.6) is 0 Å². The van der Waals surface area contributed by atoms with E-state index in [-0.39, 0.29) is 24.8 Å². The summed E-state index contributed by atoms with van der Waals surface area (Å²) in [7, 11) is -1.70. The van der Waals surface area contributed by atoms with Gasteiger partial charge in [-0.1, -0.05) is 0 Å². The first-order valence-corrected chi connectivity index (χ1v) is 10.9. The summed E-state index contributed by atoms with van der Waals surface area (Å²) < 4.78 is 14.0. The molecule has 6 heteroatoms. The third-order valence-corrected chi connectivity index (χ3v) is 4.75. The molecule has 1 unspecified atom stereocenters. The van der Waals surface area contributed by atoms with E-state index in [1.807, 2.05) is 0 Å². The van der Waals surface area contributed by atoms with Gasteiger partial charge in [0.25, 0.3) is 0 Å². The molecule has 2 rings (SSSR count). The molecule has 0 radical (unpaired) electrons. The van der Waals surface area contributed by atoms with E-state index in [0.29, 0.717) is 0 Å². The van der Waals surface area contributed by atoms with Crippen LogP contribution in [-0.4, -0.2) is 14.1 Å². The fourth-order valence-corrected chi connectivity index (χ4v) is 3.91. The summed E-state index contributed by atoms with van der Waals surface area (Å²) in [6, 6.07) is 0. The van der Waals surface area contributed by atoms with Gasteiger partial charge in [0.05, 0.1) is 0 Å². The normalized spacial score (nSPS) is 24.4. The molecule has 2 aliphatic rings. The maximum absolute atomic E-state index is 6.42. The molecule has 0 aromatic heterocycles. The summed E-state index contributed by atoms with van der Waals surface area (Å²) in [5, 5.41) is 0. The van der Waals surface area contributed by atoms with Crippen molar-refractivity contribution in [3.63, 3.8) is 0 Å². The molecule has 2 aliphatic carbocycles. The fraction of sp³-hybridized carbons (Fsp3) is 0.467. The van der Waals surface area contributed by atoms with Crippen molar-refractivity contribution in [1.29, 1.82) is 0 Å². The van der Waals surface area contributed by atoms with Crippen LogP contribution in [0.1, 0.15) is 19.8 Å². The van der Waals surface area contributed by atoms with E-state index in [2.05, 4.69) is 77.4 Å². The molecular weight excluding hydrogens is 359 g/mol. The fourth-order valence-electron chi connectivity index (χ4n) is 2.24. The third-order valence-electron chi connectivity index (χ3n) is 3.10. The predicted octanol–water partition coefficient (Wildman–Crippen LogP) is -1.82. The number of hydrogen-bond acceptors (Lipinski definition) is 2. The van der Waals surface area contributed by atoms with Crippen molar-refractivity contribution >= 4 is 8.32 Å². The molecule has 0 bridgehead atoms. The SMILES string of the molecule is CC1=CC=CCC1(OC1=[C]([Ti+2])CC=C1)O[Si](C)(C)C.[Cl-].[Cl-]. The Hall–Kier alpha value is 0.231. The zero-order valence-electron chi connectivity index (χ0n) is 12.9. The predicted molar refractivity (Wildman–Crippen MR) is 76.5 cm³/mol. The number of hydrogen-bond donors (Lipinski definition) is 0. The largest absolute Gasteiger partial charge is 1.00 e. The van der Waals surface area contributed by atoms with E-state index in [0.717, 1.165) is 24.2 Å². The number of halogens is 2. The minimum absolute atomic E-state index is 0. The van der Waals surface area contributed by atoms with Gasteiger partial charge in [-0.15, -0.1) is 0 Å². The Kier molecular flexibility index (Phi) is 8.28. The molecule has 2 nitrogen and oxygen atoms in total. The van der Waals surface area contributed by atoms with Gasteiger partial charge in [0.2, 0.25) is 0 Å². The van der Waals surface area contributed by atoms with E-state index >= 15 is 0 Å². The third kappa shape index (κ3) is 5.42. The minimum Gasteiger partial charge on any atom is -1.00 e. The second kappa shape index (κ2) is 8.19. The molecule has 0 N–H and O–H groups in total. The number of rotatable bonds is 4. The first-order valence-electron chi connectivity index (χ1n) is 6.67. The van der Waals surface area contributed by atoms with E-state index in [1.54, 1.807) is 0 Å². The van der Waals surface area contributed by atoms with Crippen LogP contribution in [0.2, 0.25) is 19.6 Å². The van der Waals surface area contributed by atoms with Gasteiger partial charge in [0.15, 0.2) is 0 Å². The van der Waals surface area contributed by atoms with Crippen LogP contribution < -0.4 is 24.8 Å². The molecule has 0 aromatic rings. The zero-order valence-corrected chi connectivity index (χ0v) is 16.9. The van der Waals surface area contributed by atoms with Gasteiger partial charge in [-0.2, -0.15) is 0 Å². The second-order valence-electron chi connectivity index (χ2n) is 6.00. The summed E-state index contributed by atoms with van der Waals surface area (Å²) in [4.78, 5) is 0. The van der Waals surface area contributed by atoms with Crippen molar-refractivity contribution in [2.75, 3.05) is 0 Å².